The van der Waals surface area contributed by atoms with Crippen LogP contribution in [0.1, 0.15) is 18.0 Å². The van der Waals surface area contributed by atoms with Crippen LogP contribution >= 0.6 is 0 Å². The van der Waals surface area contributed by atoms with Crippen LogP contribution < -0.4 is 11.1 Å². The van der Waals surface area contributed by atoms with Crippen LogP contribution in [0, 0.1) is 0 Å². The van der Waals surface area contributed by atoms with Crippen LogP contribution in [0.4, 0.5) is 5.69 Å². The van der Waals surface area contributed by atoms with Crippen LogP contribution in [0.15, 0.2) is 24.3 Å². The quantitative estimate of drug-likeness (QED) is 0.395. The van der Waals surface area contributed by atoms with E-state index in [0.29, 0.717) is 18.9 Å². The zero-order valence-electron chi connectivity index (χ0n) is 12.8. The summed E-state index contributed by atoms with van der Waals surface area (Å²) in [5.41, 5.74) is 7.01. The average molecular weight is 310 g/mol. The molecular formula is C15H22N2O5. The second-order valence-corrected chi connectivity index (χ2v) is 4.61. The summed E-state index contributed by atoms with van der Waals surface area (Å²) in [6, 6.07) is 6.44. The standard InChI is InChI=1S/C15H22N2O5/c1-20-7-8-22-10-14(18)17-13(9-15(19)21-2)11-3-5-12(16)6-4-11/h3-6,13H,7-10,16H2,1-2H3,(H,17,18)/t13-/m1/s1. The van der Waals surface area contributed by atoms with E-state index in [0.717, 1.165) is 5.56 Å². The molecule has 0 aliphatic heterocycles. The maximum absolute atomic E-state index is 11.9. The highest BCUT2D eigenvalue weighted by molar-refractivity contribution is 5.79. The highest BCUT2D eigenvalue weighted by Crippen LogP contribution is 2.18. The van der Waals surface area contributed by atoms with Gasteiger partial charge in [-0.15, -0.1) is 0 Å². The lowest BCUT2D eigenvalue weighted by molar-refractivity contribution is -0.141. The summed E-state index contributed by atoms with van der Waals surface area (Å²) in [5.74, 6) is -0.732. The van der Waals surface area contributed by atoms with Crippen LogP contribution in [0.5, 0.6) is 0 Å². The molecule has 0 aliphatic carbocycles. The van der Waals surface area contributed by atoms with Crippen molar-refractivity contribution < 1.29 is 23.8 Å². The third-order valence-corrected chi connectivity index (χ3v) is 2.94. The van der Waals surface area contributed by atoms with Gasteiger partial charge in [-0.2, -0.15) is 0 Å². The molecule has 7 heteroatoms. The number of hydrogen-bond acceptors (Lipinski definition) is 6. The van der Waals surface area contributed by atoms with Crippen LogP contribution in [-0.2, 0) is 23.8 Å². The van der Waals surface area contributed by atoms with Crippen molar-refractivity contribution in [2.75, 3.05) is 39.8 Å². The molecule has 0 saturated carbocycles. The Kier molecular flexibility index (Phi) is 7.95. The van der Waals surface area contributed by atoms with Gasteiger partial charge in [0, 0.05) is 12.8 Å². The van der Waals surface area contributed by atoms with E-state index in [1.54, 1.807) is 31.4 Å². The fourth-order valence-corrected chi connectivity index (χ4v) is 1.77. The van der Waals surface area contributed by atoms with Crippen LogP contribution in [0.25, 0.3) is 0 Å². The smallest absolute Gasteiger partial charge is 0.307 e. The van der Waals surface area contributed by atoms with E-state index < -0.39 is 12.0 Å². The topological polar surface area (TPSA) is 99.9 Å². The highest BCUT2D eigenvalue weighted by atomic mass is 16.5. The molecular weight excluding hydrogens is 288 g/mol. The first-order chi connectivity index (χ1) is 10.6. The molecule has 0 fully saturated rings. The first-order valence-electron chi connectivity index (χ1n) is 6.85. The van der Waals surface area contributed by atoms with Crippen molar-refractivity contribution in [3.8, 4) is 0 Å². The predicted octanol–water partition coefficient (Wildman–Crippen LogP) is 0.652. The van der Waals surface area contributed by atoms with Gasteiger partial charge in [0.1, 0.15) is 6.61 Å². The number of carbonyl (C=O) groups excluding carboxylic acids is 2. The Morgan fingerprint density at radius 1 is 1.18 bits per heavy atom. The minimum absolute atomic E-state index is 0.0320. The van der Waals surface area contributed by atoms with Gasteiger partial charge >= 0.3 is 5.97 Å². The second kappa shape index (κ2) is 9.75. The number of nitrogens with one attached hydrogen (secondary N) is 1. The Bertz CT molecular complexity index is 475. The van der Waals surface area contributed by atoms with Crippen molar-refractivity contribution in [2.24, 2.45) is 0 Å². The van der Waals surface area contributed by atoms with Crippen molar-refractivity contribution in [1.82, 2.24) is 5.32 Å². The molecule has 7 nitrogen and oxygen atoms in total. The Hall–Kier alpha value is -2.12. The fraction of sp³-hybridized carbons (Fsp3) is 0.467. The minimum atomic E-state index is -0.494. The van der Waals surface area contributed by atoms with Crippen molar-refractivity contribution in [1.29, 1.82) is 0 Å². The SMILES string of the molecule is COCCOCC(=O)N[C@H](CC(=O)OC)c1ccc(N)cc1. The molecule has 1 aromatic rings. The summed E-state index contributed by atoms with van der Waals surface area (Å²) in [5, 5.41) is 2.75. The third-order valence-electron chi connectivity index (χ3n) is 2.94. The molecule has 1 amide bonds. The normalized spacial score (nSPS) is 11.7. The van der Waals surface area contributed by atoms with E-state index in [4.69, 9.17) is 15.2 Å². The van der Waals surface area contributed by atoms with Crippen molar-refractivity contribution in [3.05, 3.63) is 29.8 Å². The number of carbonyl (C=O) groups is 2. The Labute approximate surface area is 129 Å². The lowest BCUT2D eigenvalue weighted by Crippen LogP contribution is -2.33. The number of amides is 1. The second-order valence-electron chi connectivity index (χ2n) is 4.61. The van der Waals surface area contributed by atoms with Crippen LogP contribution in [0.3, 0.4) is 0 Å². The van der Waals surface area contributed by atoms with Crippen LogP contribution in [-0.4, -0.2) is 45.9 Å². The van der Waals surface area contributed by atoms with Gasteiger partial charge in [0.15, 0.2) is 0 Å². The van der Waals surface area contributed by atoms with Crippen molar-refractivity contribution >= 4 is 17.6 Å². The van der Waals surface area contributed by atoms with E-state index in [1.165, 1.54) is 7.11 Å². The van der Waals surface area contributed by atoms with Gasteiger partial charge in [0.2, 0.25) is 5.91 Å². The van der Waals surface area contributed by atoms with Gasteiger partial charge < -0.3 is 25.3 Å². The lowest BCUT2D eigenvalue weighted by Gasteiger charge is -2.18. The fourth-order valence-electron chi connectivity index (χ4n) is 1.77. The Balaban J connectivity index is 2.63. The maximum Gasteiger partial charge on any atom is 0.307 e. The predicted molar refractivity (Wildman–Crippen MR) is 81.1 cm³/mol. The zero-order valence-corrected chi connectivity index (χ0v) is 12.8. The number of nitrogen functional groups attached to an aromatic ring is 1. The van der Waals surface area contributed by atoms with Gasteiger partial charge in [-0.05, 0) is 17.7 Å². The van der Waals surface area contributed by atoms with E-state index in [1.807, 2.05) is 0 Å². The van der Waals surface area contributed by atoms with Gasteiger partial charge in [-0.25, -0.2) is 0 Å². The van der Waals surface area contributed by atoms with E-state index in [2.05, 4.69) is 10.1 Å². The monoisotopic (exact) mass is 310 g/mol. The molecule has 0 radical (unpaired) electrons. The number of esters is 1. The lowest BCUT2D eigenvalue weighted by atomic mass is 10.0. The molecule has 22 heavy (non-hydrogen) atoms. The van der Waals surface area contributed by atoms with Gasteiger partial charge in [0.05, 0.1) is 32.8 Å². The molecule has 0 heterocycles. The summed E-state index contributed by atoms with van der Waals surface area (Å²) < 4.78 is 14.6. The maximum atomic E-state index is 11.9. The summed E-state index contributed by atoms with van der Waals surface area (Å²) in [4.78, 5) is 23.4. The Morgan fingerprint density at radius 2 is 1.86 bits per heavy atom. The summed E-state index contributed by atoms with van der Waals surface area (Å²) in [6.45, 7) is 0.639. The molecule has 1 aromatic carbocycles. The van der Waals surface area contributed by atoms with E-state index in [9.17, 15) is 9.59 Å². The number of rotatable bonds is 9. The van der Waals surface area contributed by atoms with Crippen molar-refractivity contribution in [2.45, 2.75) is 12.5 Å². The minimum Gasteiger partial charge on any atom is -0.469 e. The number of benzene rings is 1. The van der Waals surface area contributed by atoms with E-state index in [-0.39, 0.29) is 18.9 Å². The average Bonchev–Trinajstić information content (AvgIpc) is 2.51. The molecule has 0 bridgehead atoms. The zero-order chi connectivity index (χ0) is 16.4. The molecule has 0 aromatic heterocycles. The molecule has 1 rings (SSSR count). The van der Waals surface area contributed by atoms with Gasteiger partial charge in [-0.1, -0.05) is 12.1 Å². The number of anilines is 1. The van der Waals surface area contributed by atoms with E-state index >= 15 is 0 Å². The number of nitrogens with two attached hydrogens (primary N) is 1. The highest BCUT2D eigenvalue weighted by Gasteiger charge is 2.18. The molecule has 0 saturated heterocycles. The molecule has 0 spiro atoms. The van der Waals surface area contributed by atoms with Gasteiger partial charge in [-0.3, -0.25) is 9.59 Å². The number of ether oxygens (including phenoxy) is 3. The van der Waals surface area contributed by atoms with Crippen LogP contribution in [0.2, 0.25) is 0 Å². The number of methoxy groups -OCH3 is 2. The molecule has 0 aliphatic rings. The molecule has 1 atom stereocenters. The molecule has 0 unspecified atom stereocenters. The van der Waals surface area contributed by atoms with Gasteiger partial charge in [0.25, 0.3) is 0 Å². The summed E-state index contributed by atoms with van der Waals surface area (Å²) in [6.07, 6.45) is 0.0320. The largest absolute Gasteiger partial charge is 0.469 e. The Morgan fingerprint density at radius 3 is 2.45 bits per heavy atom. The first-order valence-corrected chi connectivity index (χ1v) is 6.85. The summed E-state index contributed by atoms with van der Waals surface area (Å²) in [7, 11) is 2.86. The number of hydrogen-bond donors (Lipinski definition) is 2. The van der Waals surface area contributed by atoms with Crippen molar-refractivity contribution in [3.63, 3.8) is 0 Å². The first kappa shape index (κ1) is 17.9. The molecule has 3 N–H and O–H groups in total. The molecule has 122 valence electrons. The summed E-state index contributed by atoms with van der Waals surface area (Å²) >= 11 is 0. The third kappa shape index (κ3) is 6.55.